The predicted molar refractivity (Wildman–Crippen MR) is 59.7 cm³/mol. The van der Waals surface area contributed by atoms with Crippen LogP contribution < -0.4 is 0 Å². The van der Waals surface area contributed by atoms with Gasteiger partial charge in [0.25, 0.3) is 0 Å². The molecule has 1 aromatic carbocycles. The monoisotopic (exact) mass is 256 g/mol. The van der Waals surface area contributed by atoms with Gasteiger partial charge in [0.2, 0.25) is 0 Å². The highest BCUT2D eigenvalue weighted by molar-refractivity contribution is 5.88. The highest BCUT2D eigenvalue weighted by Crippen LogP contribution is 2.19. The van der Waals surface area contributed by atoms with Crippen molar-refractivity contribution in [3.63, 3.8) is 0 Å². The molecule has 96 valence electrons. The zero-order valence-corrected chi connectivity index (χ0v) is 9.69. The molecule has 0 heterocycles. The Morgan fingerprint density at radius 3 is 2.56 bits per heavy atom. The summed E-state index contributed by atoms with van der Waals surface area (Å²) in [5, 5.41) is 8.62. The molecule has 0 bridgehead atoms. The second-order valence-electron chi connectivity index (χ2n) is 3.61. The van der Waals surface area contributed by atoms with E-state index in [0.717, 1.165) is 12.8 Å². The van der Waals surface area contributed by atoms with E-state index in [1.165, 1.54) is 0 Å². The third-order valence-electron chi connectivity index (χ3n) is 2.25. The Hall–Kier alpha value is -1.96. The molecule has 0 saturated heterocycles. The first-order valence-corrected chi connectivity index (χ1v) is 5.38. The Bertz CT molecular complexity index is 527. The van der Waals surface area contributed by atoms with Gasteiger partial charge in [-0.15, -0.1) is 0 Å². The third-order valence-corrected chi connectivity index (χ3v) is 2.25. The zero-order valence-electron chi connectivity index (χ0n) is 9.69. The molecule has 0 aromatic heterocycles. The minimum atomic E-state index is -1.79. The van der Waals surface area contributed by atoms with Crippen molar-refractivity contribution in [2.24, 2.45) is 0 Å². The SMILES string of the molecule is CCCCC#Cc1c(F)cc(F)c(C(=O)O)c1F. The number of hydrogen-bond donors (Lipinski definition) is 1. The van der Waals surface area contributed by atoms with E-state index in [-0.39, 0.29) is 0 Å². The van der Waals surface area contributed by atoms with Crippen molar-refractivity contribution in [1.29, 1.82) is 0 Å². The van der Waals surface area contributed by atoms with Crippen molar-refractivity contribution in [2.45, 2.75) is 26.2 Å². The first-order chi connectivity index (χ1) is 8.49. The average Bonchev–Trinajstić information content (AvgIpc) is 2.26. The normalized spacial score (nSPS) is 9.78. The van der Waals surface area contributed by atoms with E-state index in [2.05, 4.69) is 11.8 Å². The van der Waals surface area contributed by atoms with Gasteiger partial charge in [-0.3, -0.25) is 0 Å². The van der Waals surface area contributed by atoms with E-state index < -0.39 is 34.5 Å². The van der Waals surface area contributed by atoms with Crippen molar-refractivity contribution >= 4 is 5.97 Å². The quantitative estimate of drug-likeness (QED) is 0.665. The Morgan fingerprint density at radius 2 is 2.00 bits per heavy atom. The van der Waals surface area contributed by atoms with E-state index in [0.29, 0.717) is 12.5 Å². The molecule has 1 rings (SSSR count). The number of halogens is 3. The van der Waals surface area contributed by atoms with Gasteiger partial charge >= 0.3 is 5.97 Å². The van der Waals surface area contributed by atoms with Crippen LogP contribution >= 0.6 is 0 Å². The average molecular weight is 256 g/mol. The molecular formula is C13H11F3O2. The topological polar surface area (TPSA) is 37.3 Å². The second-order valence-corrected chi connectivity index (χ2v) is 3.61. The van der Waals surface area contributed by atoms with Crippen LogP contribution in [0.1, 0.15) is 42.1 Å². The van der Waals surface area contributed by atoms with Crippen molar-refractivity contribution in [1.82, 2.24) is 0 Å². The summed E-state index contributed by atoms with van der Waals surface area (Å²) >= 11 is 0. The fraction of sp³-hybridized carbons (Fsp3) is 0.308. The summed E-state index contributed by atoms with van der Waals surface area (Å²) in [7, 11) is 0. The minimum absolute atomic E-state index is 0.330. The van der Waals surface area contributed by atoms with Gasteiger partial charge in [0, 0.05) is 12.5 Å². The van der Waals surface area contributed by atoms with Gasteiger partial charge in [0.05, 0.1) is 5.56 Å². The largest absolute Gasteiger partial charge is 0.477 e. The van der Waals surface area contributed by atoms with E-state index in [9.17, 15) is 18.0 Å². The molecule has 1 aromatic rings. The lowest BCUT2D eigenvalue weighted by Crippen LogP contribution is -2.08. The molecule has 0 spiro atoms. The molecule has 0 atom stereocenters. The van der Waals surface area contributed by atoms with Gasteiger partial charge in [-0.2, -0.15) is 0 Å². The van der Waals surface area contributed by atoms with Crippen molar-refractivity contribution in [3.05, 3.63) is 34.6 Å². The summed E-state index contributed by atoms with van der Waals surface area (Å²) in [5.74, 6) is -1.17. The minimum Gasteiger partial charge on any atom is -0.477 e. The van der Waals surface area contributed by atoms with Gasteiger partial charge in [-0.1, -0.05) is 25.2 Å². The molecule has 0 amide bonds. The molecule has 18 heavy (non-hydrogen) atoms. The summed E-state index contributed by atoms with van der Waals surface area (Å²) in [6.45, 7) is 1.93. The predicted octanol–water partition coefficient (Wildman–Crippen LogP) is 3.34. The van der Waals surface area contributed by atoms with Gasteiger partial charge in [-0.25, -0.2) is 18.0 Å². The fourth-order valence-electron chi connectivity index (χ4n) is 1.32. The van der Waals surface area contributed by atoms with Gasteiger partial charge in [-0.05, 0) is 6.42 Å². The second kappa shape index (κ2) is 6.10. The fourth-order valence-corrected chi connectivity index (χ4v) is 1.32. The van der Waals surface area contributed by atoms with E-state index >= 15 is 0 Å². The van der Waals surface area contributed by atoms with Crippen LogP contribution in [0.5, 0.6) is 0 Å². The third kappa shape index (κ3) is 3.04. The first kappa shape index (κ1) is 14.1. The van der Waals surface area contributed by atoms with E-state index in [4.69, 9.17) is 5.11 Å². The van der Waals surface area contributed by atoms with Crippen molar-refractivity contribution in [2.75, 3.05) is 0 Å². The van der Waals surface area contributed by atoms with Gasteiger partial charge in [0.1, 0.15) is 17.2 Å². The van der Waals surface area contributed by atoms with Crippen molar-refractivity contribution in [3.8, 4) is 11.8 Å². The number of carboxylic acids is 1. The number of unbranched alkanes of at least 4 members (excludes halogenated alkanes) is 2. The zero-order chi connectivity index (χ0) is 13.7. The molecule has 0 aliphatic heterocycles. The Kier molecular flexibility index (Phi) is 4.78. The maximum atomic E-state index is 13.6. The number of aromatic carboxylic acids is 1. The first-order valence-electron chi connectivity index (χ1n) is 5.38. The number of rotatable bonds is 3. The number of carboxylic acid groups (broad SMARTS) is 1. The summed E-state index contributed by atoms with van der Waals surface area (Å²) in [6.07, 6.45) is 2.09. The molecule has 5 heteroatoms. The Balaban J connectivity index is 3.22. The Morgan fingerprint density at radius 1 is 1.33 bits per heavy atom. The molecular weight excluding hydrogens is 245 g/mol. The highest BCUT2D eigenvalue weighted by atomic mass is 19.1. The van der Waals surface area contributed by atoms with Crippen LogP contribution in [-0.2, 0) is 0 Å². The summed E-state index contributed by atoms with van der Waals surface area (Å²) < 4.78 is 40.0. The lowest BCUT2D eigenvalue weighted by molar-refractivity contribution is 0.0686. The molecule has 0 aliphatic rings. The molecule has 0 radical (unpaired) electrons. The smallest absolute Gasteiger partial charge is 0.341 e. The lowest BCUT2D eigenvalue weighted by atomic mass is 10.1. The van der Waals surface area contributed by atoms with Crippen molar-refractivity contribution < 1.29 is 23.1 Å². The molecule has 2 nitrogen and oxygen atoms in total. The maximum absolute atomic E-state index is 13.6. The van der Waals surface area contributed by atoms with E-state index in [1.807, 2.05) is 6.92 Å². The molecule has 0 saturated carbocycles. The molecule has 1 N–H and O–H groups in total. The van der Waals surface area contributed by atoms with Gasteiger partial charge < -0.3 is 5.11 Å². The number of hydrogen-bond acceptors (Lipinski definition) is 1. The molecule has 0 aliphatic carbocycles. The highest BCUT2D eigenvalue weighted by Gasteiger charge is 2.22. The maximum Gasteiger partial charge on any atom is 0.341 e. The number of benzene rings is 1. The molecule has 0 unspecified atom stereocenters. The van der Waals surface area contributed by atoms with Crippen LogP contribution in [0, 0.1) is 29.3 Å². The lowest BCUT2D eigenvalue weighted by Gasteiger charge is -2.03. The van der Waals surface area contributed by atoms with Crippen LogP contribution in [0.15, 0.2) is 6.07 Å². The molecule has 0 fully saturated rings. The Labute approximate surface area is 102 Å². The summed E-state index contributed by atoms with van der Waals surface area (Å²) in [6, 6.07) is 0.330. The van der Waals surface area contributed by atoms with Crippen LogP contribution in [-0.4, -0.2) is 11.1 Å². The van der Waals surface area contributed by atoms with Crippen LogP contribution in [0.2, 0.25) is 0 Å². The standard InChI is InChI=1S/C13H11F3O2/c1-2-3-4-5-6-8-9(14)7-10(15)11(12(8)16)13(17)18/h7H,2-4H2,1H3,(H,17,18). The summed E-state index contributed by atoms with van der Waals surface area (Å²) in [5.41, 5.74) is -1.89. The van der Waals surface area contributed by atoms with E-state index in [1.54, 1.807) is 0 Å². The van der Waals surface area contributed by atoms with Crippen LogP contribution in [0.25, 0.3) is 0 Å². The van der Waals surface area contributed by atoms with Crippen LogP contribution in [0.4, 0.5) is 13.2 Å². The summed E-state index contributed by atoms with van der Waals surface area (Å²) in [4.78, 5) is 10.6. The number of carbonyl (C=O) groups is 1. The van der Waals surface area contributed by atoms with Crippen LogP contribution in [0.3, 0.4) is 0 Å². The van der Waals surface area contributed by atoms with Gasteiger partial charge in [0.15, 0.2) is 5.82 Å².